The molecule has 1 amide bonds. The van der Waals surface area contributed by atoms with Gasteiger partial charge in [-0.1, -0.05) is 6.07 Å². The molecule has 0 radical (unpaired) electrons. The maximum atomic E-state index is 13.0. The number of hydrogen-bond donors (Lipinski definition) is 1. The molecule has 9 nitrogen and oxygen atoms in total. The predicted octanol–water partition coefficient (Wildman–Crippen LogP) is 2.66. The van der Waals surface area contributed by atoms with Gasteiger partial charge in [-0.15, -0.1) is 0 Å². The molecule has 0 aromatic heterocycles. The lowest BCUT2D eigenvalue weighted by Gasteiger charge is -2.18. The Balaban J connectivity index is 1.90. The van der Waals surface area contributed by atoms with Crippen LogP contribution in [0.15, 0.2) is 36.4 Å². The molecule has 0 aliphatic carbocycles. The van der Waals surface area contributed by atoms with E-state index in [1.165, 1.54) is 29.2 Å². The van der Waals surface area contributed by atoms with Gasteiger partial charge in [-0.05, 0) is 37.6 Å². The number of fused-ring (bicyclic) bond motifs is 1. The molecule has 0 saturated heterocycles. The standard InChI is InChI=1S/C19H18N2O7/c1-2-27-17-10-12(6-7-16(17)28-11-18(22)23)19(24)20-9-8-13-14(20)4-3-5-15(13)21(25)26/h3-7,10H,2,8-9,11H2,1H3,(H,22,23). The Kier molecular flexibility index (Phi) is 5.44. The van der Waals surface area contributed by atoms with Crippen LogP contribution in [0.25, 0.3) is 0 Å². The number of nitrogens with zero attached hydrogens (tertiary/aromatic N) is 2. The number of amides is 1. The Labute approximate surface area is 160 Å². The number of carbonyl (C=O) groups excluding carboxylic acids is 1. The number of nitro benzene ring substituents is 1. The van der Waals surface area contributed by atoms with Crippen LogP contribution >= 0.6 is 0 Å². The number of ether oxygens (including phenoxy) is 2. The second kappa shape index (κ2) is 7.95. The Bertz CT molecular complexity index is 942. The van der Waals surface area contributed by atoms with Crippen LogP contribution in [0.4, 0.5) is 11.4 Å². The fourth-order valence-electron chi connectivity index (χ4n) is 3.12. The molecule has 0 saturated carbocycles. The van der Waals surface area contributed by atoms with E-state index in [0.717, 1.165) is 0 Å². The lowest BCUT2D eigenvalue weighted by molar-refractivity contribution is -0.385. The van der Waals surface area contributed by atoms with Crippen molar-refractivity contribution in [1.29, 1.82) is 0 Å². The van der Waals surface area contributed by atoms with E-state index < -0.39 is 17.5 Å². The number of anilines is 1. The summed E-state index contributed by atoms with van der Waals surface area (Å²) in [4.78, 5) is 35.9. The highest BCUT2D eigenvalue weighted by Crippen LogP contribution is 2.36. The van der Waals surface area contributed by atoms with Gasteiger partial charge in [-0.3, -0.25) is 14.9 Å². The van der Waals surface area contributed by atoms with Gasteiger partial charge in [-0.25, -0.2) is 4.79 Å². The van der Waals surface area contributed by atoms with Gasteiger partial charge in [0.25, 0.3) is 11.6 Å². The molecule has 9 heteroatoms. The molecular formula is C19H18N2O7. The number of benzene rings is 2. The summed E-state index contributed by atoms with van der Waals surface area (Å²) in [6, 6.07) is 9.13. The summed E-state index contributed by atoms with van der Waals surface area (Å²) in [7, 11) is 0. The SMILES string of the molecule is CCOc1cc(C(=O)N2CCc3c2cccc3[N+](=O)[O-])ccc1OCC(=O)O. The van der Waals surface area contributed by atoms with Crippen LogP contribution in [0.3, 0.4) is 0 Å². The van der Waals surface area contributed by atoms with E-state index in [9.17, 15) is 19.7 Å². The molecule has 1 aliphatic heterocycles. The minimum Gasteiger partial charge on any atom is -0.490 e. The highest BCUT2D eigenvalue weighted by molar-refractivity contribution is 6.08. The summed E-state index contributed by atoms with van der Waals surface area (Å²) >= 11 is 0. The third-order valence-corrected chi connectivity index (χ3v) is 4.29. The third kappa shape index (κ3) is 3.73. The van der Waals surface area contributed by atoms with Crippen molar-refractivity contribution in [3.05, 3.63) is 57.6 Å². The normalized spacial score (nSPS) is 12.4. The maximum absolute atomic E-state index is 13.0. The van der Waals surface area contributed by atoms with E-state index in [0.29, 0.717) is 36.4 Å². The lowest BCUT2D eigenvalue weighted by Crippen LogP contribution is -2.28. The van der Waals surface area contributed by atoms with E-state index in [1.807, 2.05) is 0 Å². The molecule has 0 spiro atoms. The first kappa shape index (κ1) is 19.2. The van der Waals surface area contributed by atoms with Crippen LogP contribution in [0, 0.1) is 10.1 Å². The minimum absolute atomic E-state index is 0.000207. The molecule has 1 aliphatic rings. The first-order valence-electron chi connectivity index (χ1n) is 8.62. The summed E-state index contributed by atoms with van der Waals surface area (Å²) in [5.41, 5.74) is 1.36. The van der Waals surface area contributed by atoms with Gasteiger partial charge in [0.1, 0.15) is 0 Å². The minimum atomic E-state index is -1.13. The van der Waals surface area contributed by atoms with Crippen molar-refractivity contribution in [2.24, 2.45) is 0 Å². The molecule has 0 atom stereocenters. The van der Waals surface area contributed by atoms with Crippen molar-refractivity contribution in [1.82, 2.24) is 0 Å². The molecule has 0 unspecified atom stereocenters. The van der Waals surface area contributed by atoms with Gasteiger partial charge < -0.3 is 19.5 Å². The molecule has 2 aromatic carbocycles. The van der Waals surface area contributed by atoms with Gasteiger partial charge in [0.05, 0.1) is 22.8 Å². The quantitative estimate of drug-likeness (QED) is 0.574. The van der Waals surface area contributed by atoms with Gasteiger partial charge in [0, 0.05) is 18.2 Å². The number of carboxylic acids is 1. The van der Waals surface area contributed by atoms with Crippen LogP contribution in [0.1, 0.15) is 22.8 Å². The van der Waals surface area contributed by atoms with Gasteiger partial charge >= 0.3 is 5.97 Å². The van der Waals surface area contributed by atoms with Crippen molar-refractivity contribution in [2.45, 2.75) is 13.3 Å². The average molecular weight is 386 g/mol. The van der Waals surface area contributed by atoms with Crippen LogP contribution in [-0.2, 0) is 11.2 Å². The molecule has 2 aromatic rings. The molecule has 1 N–H and O–H groups in total. The fourth-order valence-corrected chi connectivity index (χ4v) is 3.12. The van der Waals surface area contributed by atoms with Crippen molar-refractivity contribution in [3.63, 3.8) is 0 Å². The Morgan fingerprint density at radius 2 is 2.00 bits per heavy atom. The number of aliphatic carboxylic acids is 1. The molecule has 28 heavy (non-hydrogen) atoms. The van der Waals surface area contributed by atoms with E-state index in [4.69, 9.17) is 14.6 Å². The average Bonchev–Trinajstić information content (AvgIpc) is 3.10. The van der Waals surface area contributed by atoms with Crippen molar-refractivity contribution in [3.8, 4) is 11.5 Å². The van der Waals surface area contributed by atoms with E-state index in [-0.39, 0.29) is 23.1 Å². The fraction of sp³-hybridized carbons (Fsp3) is 0.263. The van der Waals surface area contributed by atoms with Crippen molar-refractivity contribution < 1.29 is 29.1 Å². The van der Waals surface area contributed by atoms with Crippen LogP contribution in [0.2, 0.25) is 0 Å². The smallest absolute Gasteiger partial charge is 0.341 e. The largest absolute Gasteiger partial charge is 0.490 e. The Morgan fingerprint density at radius 1 is 1.21 bits per heavy atom. The number of nitro groups is 1. The highest BCUT2D eigenvalue weighted by Gasteiger charge is 2.31. The third-order valence-electron chi connectivity index (χ3n) is 4.29. The first-order valence-corrected chi connectivity index (χ1v) is 8.62. The zero-order valence-corrected chi connectivity index (χ0v) is 15.1. The second-order valence-electron chi connectivity index (χ2n) is 6.02. The van der Waals surface area contributed by atoms with E-state index >= 15 is 0 Å². The molecule has 1 heterocycles. The summed E-state index contributed by atoms with van der Waals surface area (Å²) in [5.74, 6) is -0.978. The van der Waals surface area contributed by atoms with Gasteiger partial charge in [0.15, 0.2) is 18.1 Å². The highest BCUT2D eigenvalue weighted by atomic mass is 16.6. The molecule has 3 rings (SSSR count). The second-order valence-corrected chi connectivity index (χ2v) is 6.02. The summed E-state index contributed by atoms with van der Waals surface area (Å²) < 4.78 is 10.7. The lowest BCUT2D eigenvalue weighted by atomic mass is 10.1. The summed E-state index contributed by atoms with van der Waals surface area (Å²) in [5, 5.41) is 20.0. The molecular weight excluding hydrogens is 368 g/mol. The number of hydrogen-bond acceptors (Lipinski definition) is 6. The number of carbonyl (C=O) groups is 2. The number of carboxylic acid groups (broad SMARTS) is 1. The summed E-state index contributed by atoms with van der Waals surface area (Å²) in [6.45, 7) is 1.86. The molecule has 0 bridgehead atoms. The maximum Gasteiger partial charge on any atom is 0.341 e. The van der Waals surface area contributed by atoms with E-state index in [2.05, 4.69) is 0 Å². The predicted molar refractivity (Wildman–Crippen MR) is 99.2 cm³/mol. The van der Waals surface area contributed by atoms with Gasteiger partial charge in [0.2, 0.25) is 0 Å². The molecule has 146 valence electrons. The summed E-state index contributed by atoms with van der Waals surface area (Å²) in [6.07, 6.45) is 0.399. The van der Waals surface area contributed by atoms with E-state index in [1.54, 1.807) is 19.1 Å². The Hall–Kier alpha value is -3.62. The van der Waals surface area contributed by atoms with Gasteiger partial charge in [-0.2, -0.15) is 0 Å². The van der Waals surface area contributed by atoms with Crippen LogP contribution in [0.5, 0.6) is 11.5 Å². The van der Waals surface area contributed by atoms with Crippen LogP contribution < -0.4 is 14.4 Å². The zero-order chi connectivity index (χ0) is 20.3. The zero-order valence-electron chi connectivity index (χ0n) is 15.1. The van der Waals surface area contributed by atoms with Crippen molar-refractivity contribution >= 4 is 23.3 Å². The number of rotatable bonds is 7. The van der Waals surface area contributed by atoms with Crippen LogP contribution in [-0.4, -0.2) is 41.7 Å². The monoisotopic (exact) mass is 386 g/mol. The topological polar surface area (TPSA) is 119 Å². The Morgan fingerprint density at radius 3 is 2.68 bits per heavy atom. The van der Waals surface area contributed by atoms with Crippen molar-refractivity contribution in [2.75, 3.05) is 24.7 Å². The first-order chi connectivity index (χ1) is 13.4. The molecule has 0 fully saturated rings.